The molecule has 0 aliphatic heterocycles. The number of rotatable bonds is 5. The lowest BCUT2D eigenvalue weighted by atomic mass is 10.1. The highest BCUT2D eigenvalue weighted by Gasteiger charge is 2.12. The number of carbonyl (C=O) groups excluding carboxylic acids is 1. The van der Waals surface area contributed by atoms with Gasteiger partial charge in [-0.3, -0.25) is 9.63 Å². The van der Waals surface area contributed by atoms with Crippen molar-refractivity contribution < 1.29 is 14.0 Å². The summed E-state index contributed by atoms with van der Waals surface area (Å²) in [5.74, 6) is -0.499. The summed E-state index contributed by atoms with van der Waals surface area (Å²) >= 11 is 0. The van der Waals surface area contributed by atoms with E-state index in [1.807, 2.05) is 20.8 Å². The van der Waals surface area contributed by atoms with E-state index >= 15 is 0 Å². The minimum Gasteiger partial charge on any atom is -0.376 e. The van der Waals surface area contributed by atoms with E-state index < -0.39 is 5.60 Å². The van der Waals surface area contributed by atoms with Crippen molar-refractivity contribution in [2.24, 2.45) is 0 Å². The maximum absolute atomic E-state index is 13.4. The van der Waals surface area contributed by atoms with Crippen molar-refractivity contribution in [1.82, 2.24) is 5.48 Å². The molecule has 0 bridgehead atoms. The molecule has 1 amide bonds. The number of hydroxylamine groups is 1. The topological polar surface area (TPSA) is 50.4 Å². The van der Waals surface area contributed by atoms with Crippen LogP contribution < -0.4 is 10.8 Å². The zero-order valence-corrected chi connectivity index (χ0v) is 15.5. The number of unbranched alkanes of at least 4 members (excludes halogenated alkanes) is 1. The zero-order valence-electron chi connectivity index (χ0n) is 15.5. The minimum absolute atomic E-state index is 0.0700. The van der Waals surface area contributed by atoms with E-state index in [-0.39, 0.29) is 18.3 Å². The number of hydrogen-bond donors (Lipinski definition) is 2. The van der Waals surface area contributed by atoms with Gasteiger partial charge >= 0.3 is 0 Å². The molecule has 0 saturated carbocycles. The van der Waals surface area contributed by atoms with E-state index in [1.54, 1.807) is 26.0 Å². The highest BCUT2D eigenvalue weighted by Crippen LogP contribution is 2.18. The first-order chi connectivity index (χ1) is 10.6. The smallest absolute Gasteiger partial charge is 0.262 e. The van der Waals surface area contributed by atoms with Gasteiger partial charge in [-0.1, -0.05) is 26.7 Å². The number of carbonyl (C=O) groups is 1. The highest BCUT2D eigenvalue weighted by atomic mass is 19.1. The lowest BCUT2D eigenvalue weighted by molar-refractivity contribution is -0.143. The van der Waals surface area contributed by atoms with E-state index in [0.717, 1.165) is 0 Å². The molecule has 23 heavy (non-hydrogen) atoms. The van der Waals surface area contributed by atoms with E-state index in [2.05, 4.69) is 24.6 Å². The van der Waals surface area contributed by atoms with Crippen molar-refractivity contribution in [3.8, 4) is 0 Å². The number of aryl methyl sites for hydroxylation is 2. The van der Waals surface area contributed by atoms with Crippen molar-refractivity contribution in [3.05, 3.63) is 29.1 Å². The van der Waals surface area contributed by atoms with Gasteiger partial charge in [0.25, 0.3) is 5.91 Å². The second-order valence-corrected chi connectivity index (χ2v) is 6.52. The van der Waals surface area contributed by atoms with Gasteiger partial charge in [0.15, 0.2) is 0 Å². The van der Waals surface area contributed by atoms with Crippen LogP contribution in [0.1, 0.15) is 58.6 Å². The van der Waals surface area contributed by atoms with Crippen LogP contribution in [0.5, 0.6) is 0 Å². The van der Waals surface area contributed by atoms with Crippen molar-refractivity contribution in [2.75, 3.05) is 11.9 Å². The molecule has 0 fully saturated rings. The first-order valence-corrected chi connectivity index (χ1v) is 8.08. The van der Waals surface area contributed by atoms with Crippen molar-refractivity contribution in [2.45, 2.75) is 66.9 Å². The Morgan fingerprint density at radius 1 is 1.13 bits per heavy atom. The predicted molar refractivity (Wildman–Crippen MR) is 93.9 cm³/mol. The van der Waals surface area contributed by atoms with Crippen LogP contribution in [0.15, 0.2) is 12.1 Å². The molecule has 0 saturated heterocycles. The molecule has 1 aromatic rings. The molecule has 0 spiro atoms. The minimum atomic E-state index is -0.432. The summed E-state index contributed by atoms with van der Waals surface area (Å²) in [4.78, 5) is 16.7. The number of benzene rings is 1. The third-order valence-electron chi connectivity index (χ3n) is 2.86. The lowest BCUT2D eigenvalue weighted by Gasteiger charge is -2.19. The van der Waals surface area contributed by atoms with Gasteiger partial charge in [-0.05, 0) is 57.9 Å². The molecule has 0 unspecified atom stereocenters. The average molecular weight is 326 g/mol. The molecule has 132 valence electrons. The summed E-state index contributed by atoms with van der Waals surface area (Å²) in [5, 5.41) is 2.93. The van der Waals surface area contributed by atoms with Crippen LogP contribution in [-0.2, 0) is 9.63 Å². The number of nitrogens with one attached hydrogen (secondary N) is 2. The molecule has 4 nitrogen and oxygen atoms in total. The summed E-state index contributed by atoms with van der Waals surface area (Å²) < 4.78 is 13.4. The zero-order chi connectivity index (χ0) is 18.0. The van der Waals surface area contributed by atoms with Gasteiger partial charge in [0, 0.05) is 5.69 Å². The quantitative estimate of drug-likeness (QED) is 0.783. The Bertz CT molecular complexity index is 471. The van der Waals surface area contributed by atoms with Crippen molar-refractivity contribution >= 4 is 11.6 Å². The van der Waals surface area contributed by atoms with E-state index in [1.165, 1.54) is 12.8 Å². The molecule has 2 N–H and O–H groups in total. The Morgan fingerprint density at radius 3 is 2.00 bits per heavy atom. The van der Waals surface area contributed by atoms with Crippen LogP contribution in [0.3, 0.4) is 0 Å². The molecule has 0 aliphatic carbocycles. The Kier molecular flexibility index (Phi) is 9.49. The summed E-state index contributed by atoms with van der Waals surface area (Å²) in [6.07, 6.45) is 2.64. The summed E-state index contributed by atoms with van der Waals surface area (Å²) in [6, 6.07) is 3.33. The summed E-state index contributed by atoms with van der Waals surface area (Å²) in [7, 11) is 0. The first kappa shape index (κ1) is 21.4. The Labute approximate surface area is 139 Å². The fraction of sp³-hybridized carbons (Fsp3) is 0.611. The Balaban J connectivity index is 0.00000108. The van der Waals surface area contributed by atoms with Gasteiger partial charge in [0.1, 0.15) is 5.82 Å². The number of halogens is 1. The van der Waals surface area contributed by atoms with E-state index in [9.17, 15) is 9.18 Å². The molecule has 5 heteroatoms. The van der Waals surface area contributed by atoms with Gasteiger partial charge in [0.2, 0.25) is 0 Å². The highest BCUT2D eigenvalue weighted by molar-refractivity contribution is 5.79. The molecular formula is C18H31FN2O2. The SMILES string of the molecule is CCCC.Cc1cc(NCC(=O)NOC(C)(C)C)cc(C)c1F. The Morgan fingerprint density at radius 2 is 1.61 bits per heavy atom. The van der Waals surface area contributed by atoms with Crippen LogP contribution in [0.4, 0.5) is 10.1 Å². The van der Waals surface area contributed by atoms with Crippen LogP contribution in [-0.4, -0.2) is 18.1 Å². The number of hydrogen-bond acceptors (Lipinski definition) is 3. The molecule has 0 atom stereocenters. The van der Waals surface area contributed by atoms with Gasteiger partial charge in [0.05, 0.1) is 12.1 Å². The second kappa shape index (κ2) is 10.2. The van der Waals surface area contributed by atoms with Crippen molar-refractivity contribution in [3.63, 3.8) is 0 Å². The third kappa shape index (κ3) is 9.89. The normalized spacial score (nSPS) is 10.6. The van der Waals surface area contributed by atoms with Crippen LogP contribution in [0, 0.1) is 19.7 Å². The molecule has 0 aromatic heterocycles. The van der Waals surface area contributed by atoms with Crippen LogP contribution >= 0.6 is 0 Å². The standard InChI is InChI=1S/C14H21FN2O2.C4H10/c1-9-6-11(7-10(2)13(9)15)16-8-12(18)17-19-14(3,4)5;1-3-4-2/h6-7,16H,8H2,1-5H3,(H,17,18);3-4H2,1-2H3. The molecule has 0 radical (unpaired) electrons. The van der Waals surface area contributed by atoms with Crippen LogP contribution in [0.2, 0.25) is 0 Å². The van der Waals surface area contributed by atoms with Gasteiger partial charge in [-0.2, -0.15) is 0 Å². The molecule has 0 heterocycles. The largest absolute Gasteiger partial charge is 0.376 e. The van der Waals surface area contributed by atoms with Gasteiger partial charge in [-0.15, -0.1) is 0 Å². The van der Waals surface area contributed by atoms with E-state index in [4.69, 9.17) is 4.84 Å². The second-order valence-electron chi connectivity index (χ2n) is 6.52. The average Bonchev–Trinajstić information content (AvgIpc) is 2.47. The fourth-order valence-corrected chi connectivity index (χ4v) is 1.48. The number of anilines is 1. The molecule has 1 rings (SSSR count). The maximum Gasteiger partial charge on any atom is 0.262 e. The lowest BCUT2D eigenvalue weighted by Crippen LogP contribution is -2.36. The van der Waals surface area contributed by atoms with Crippen LogP contribution in [0.25, 0.3) is 0 Å². The molecular weight excluding hydrogens is 295 g/mol. The monoisotopic (exact) mass is 326 g/mol. The third-order valence-corrected chi connectivity index (χ3v) is 2.86. The van der Waals surface area contributed by atoms with Gasteiger partial charge < -0.3 is 5.32 Å². The first-order valence-electron chi connectivity index (χ1n) is 8.08. The maximum atomic E-state index is 13.4. The fourth-order valence-electron chi connectivity index (χ4n) is 1.48. The van der Waals surface area contributed by atoms with Crippen molar-refractivity contribution in [1.29, 1.82) is 0 Å². The summed E-state index contributed by atoms with van der Waals surface area (Å²) in [5.41, 5.74) is 3.74. The van der Waals surface area contributed by atoms with Gasteiger partial charge in [-0.25, -0.2) is 9.87 Å². The predicted octanol–water partition coefficient (Wildman–Crippen LogP) is 4.51. The Hall–Kier alpha value is -1.62. The van der Waals surface area contributed by atoms with E-state index in [0.29, 0.717) is 16.8 Å². The molecule has 1 aromatic carbocycles. The molecule has 0 aliphatic rings. The summed E-state index contributed by atoms with van der Waals surface area (Å²) in [6.45, 7) is 13.3. The number of amides is 1.